The Kier molecular flexibility index (Phi) is 4.76. The predicted molar refractivity (Wildman–Crippen MR) is 73.9 cm³/mol. The molecule has 2 atom stereocenters. The van der Waals surface area contributed by atoms with Gasteiger partial charge in [0.2, 0.25) is 0 Å². The molecule has 1 fully saturated rings. The number of halogens is 2. The molecule has 1 aromatic carbocycles. The van der Waals surface area contributed by atoms with Crippen LogP contribution >= 0.6 is 15.9 Å². The molecule has 1 aliphatic carbocycles. The monoisotopic (exact) mass is 315 g/mol. The normalized spacial score (nSPS) is 18.7. The van der Waals surface area contributed by atoms with Crippen molar-refractivity contribution in [3.05, 3.63) is 34.1 Å². The van der Waals surface area contributed by atoms with Crippen LogP contribution < -0.4 is 5.73 Å². The van der Waals surface area contributed by atoms with Crippen molar-refractivity contribution in [2.24, 2.45) is 11.7 Å². The number of hydrogen-bond donors (Lipinski definition) is 1. The van der Waals surface area contributed by atoms with E-state index in [0.717, 1.165) is 5.56 Å². The molecule has 0 saturated heterocycles. The zero-order valence-electron chi connectivity index (χ0n) is 10.5. The van der Waals surface area contributed by atoms with E-state index in [1.807, 2.05) is 13.0 Å². The average Bonchev–Trinajstić information content (AvgIpc) is 3.16. The highest BCUT2D eigenvalue weighted by molar-refractivity contribution is 9.10. The third kappa shape index (κ3) is 3.31. The molecule has 0 bridgehead atoms. The fourth-order valence-electron chi connectivity index (χ4n) is 2.30. The molecule has 100 valence electrons. The zero-order chi connectivity index (χ0) is 13.1. The summed E-state index contributed by atoms with van der Waals surface area (Å²) < 4.78 is 19.7. The molecule has 0 radical (unpaired) electrons. The Bertz CT molecular complexity index is 409. The number of rotatable bonds is 6. The number of benzene rings is 1. The van der Waals surface area contributed by atoms with Gasteiger partial charge in [-0.2, -0.15) is 0 Å². The standard InChI is InChI=1S/C14H19BrFNO/c1-2-18-14(9-6-7-9)12(17)8-10-4-3-5-11(16)13(10)15/h3-5,9,12,14H,2,6-8,17H2,1H3. The van der Waals surface area contributed by atoms with Gasteiger partial charge in [0.15, 0.2) is 0 Å². The molecule has 0 heterocycles. The molecule has 1 saturated carbocycles. The summed E-state index contributed by atoms with van der Waals surface area (Å²) in [5, 5.41) is 0. The van der Waals surface area contributed by atoms with Gasteiger partial charge in [0.05, 0.1) is 10.6 Å². The second kappa shape index (κ2) is 6.13. The van der Waals surface area contributed by atoms with Gasteiger partial charge in [0.1, 0.15) is 5.82 Å². The van der Waals surface area contributed by atoms with E-state index in [1.165, 1.54) is 18.9 Å². The van der Waals surface area contributed by atoms with E-state index < -0.39 is 0 Å². The van der Waals surface area contributed by atoms with Crippen LogP contribution in [0.1, 0.15) is 25.3 Å². The molecule has 0 aromatic heterocycles. The number of ether oxygens (including phenoxy) is 1. The van der Waals surface area contributed by atoms with Crippen LogP contribution in [0.3, 0.4) is 0 Å². The smallest absolute Gasteiger partial charge is 0.137 e. The fraction of sp³-hybridized carbons (Fsp3) is 0.571. The molecule has 2 N–H and O–H groups in total. The predicted octanol–water partition coefficient (Wildman–Crippen LogP) is 3.27. The van der Waals surface area contributed by atoms with Crippen LogP contribution in [0, 0.1) is 11.7 Å². The maximum Gasteiger partial charge on any atom is 0.137 e. The van der Waals surface area contributed by atoms with Crippen LogP contribution in [-0.4, -0.2) is 18.8 Å². The minimum Gasteiger partial charge on any atom is -0.377 e. The summed E-state index contributed by atoms with van der Waals surface area (Å²) in [6, 6.07) is 4.99. The first-order valence-corrected chi connectivity index (χ1v) is 7.22. The van der Waals surface area contributed by atoms with Crippen molar-refractivity contribution in [1.82, 2.24) is 0 Å². The van der Waals surface area contributed by atoms with Gasteiger partial charge < -0.3 is 10.5 Å². The summed E-state index contributed by atoms with van der Waals surface area (Å²) in [5.41, 5.74) is 7.14. The third-order valence-corrected chi connectivity index (χ3v) is 4.24. The highest BCUT2D eigenvalue weighted by Gasteiger charge is 2.35. The SMILES string of the molecule is CCOC(C(N)Cc1cccc(F)c1Br)C1CC1. The van der Waals surface area contributed by atoms with Gasteiger partial charge in [-0.25, -0.2) is 4.39 Å². The third-order valence-electron chi connectivity index (χ3n) is 3.35. The van der Waals surface area contributed by atoms with E-state index in [2.05, 4.69) is 15.9 Å². The summed E-state index contributed by atoms with van der Waals surface area (Å²) in [6.45, 7) is 2.67. The van der Waals surface area contributed by atoms with Crippen LogP contribution in [-0.2, 0) is 11.2 Å². The molecular weight excluding hydrogens is 297 g/mol. The summed E-state index contributed by atoms with van der Waals surface area (Å²) in [6.07, 6.45) is 3.13. The van der Waals surface area contributed by atoms with Crippen LogP contribution in [0.25, 0.3) is 0 Å². The highest BCUT2D eigenvalue weighted by atomic mass is 79.9. The van der Waals surface area contributed by atoms with E-state index in [0.29, 0.717) is 23.4 Å². The fourth-order valence-corrected chi connectivity index (χ4v) is 2.73. The van der Waals surface area contributed by atoms with Crippen LogP contribution in [0.5, 0.6) is 0 Å². The zero-order valence-corrected chi connectivity index (χ0v) is 12.1. The first kappa shape index (κ1) is 14.0. The van der Waals surface area contributed by atoms with Crippen molar-refractivity contribution in [1.29, 1.82) is 0 Å². The lowest BCUT2D eigenvalue weighted by Gasteiger charge is -2.24. The molecule has 18 heavy (non-hydrogen) atoms. The molecule has 2 unspecified atom stereocenters. The van der Waals surface area contributed by atoms with E-state index >= 15 is 0 Å². The summed E-state index contributed by atoms with van der Waals surface area (Å²) in [4.78, 5) is 0. The lowest BCUT2D eigenvalue weighted by atomic mass is 9.99. The molecule has 0 amide bonds. The van der Waals surface area contributed by atoms with E-state index in [1.54, 1.807) is 6.07 Å². The molecule has 4 heteroatoms. The van der Waals surface area contributed by atoms with Gasteiger partial charge in [-0.15, -0.1) is 0 Å². The van der Waals surface area contributed by atoms with Crippen molar-refractivity contribution in [2.45, 2.75) is 38.3 Å². The van der Waals surface area contributed by atoms with Crippen LogP contribution in [0.2, 0.25) is 0 Å². The Morgan fingerprint density at radius 2 is 2.22 bits per heavy atom. The van der Waals surface area contributed by atoms with Gasteiger partial charge in [-0.1, -0.05) is 12.1 Å². The molecule has 1 aromatic rings. The van der Waals surface area contributed by atoms with Gasteiger partial charge in [-0.05, 0) is 59.7 Å². The van der Waals surface area contributed by atoms with Gasteiger partial charge >= 0.3 is 0 Å². The maximum atomic E-state index is 13.4. The van der Waals surface area contributed by atoms with Crippen LogP contribution in [0.15, 0.2) is 22.7 Å². The molecule has 0 spiro atoms. The van der Waals surface area contributed by atoms with E-state index in [-0.39, 0.29) is 18.0 Å². The van der Waals surface area contributed by atoms with Crippen molar-refractivity contribution in [3.8, 4) is 0 Å². The summed E-state index contributed by atoms with van der Waals surface area (Å²) in [5.74, 6) is 0.353. The second-order valence-corrected chi connectivity index (χ2v) is 5.63. The Morgan fingerprint density at radius 3 is 2.83 bits per heavy atom. The van der Waals surface area contributed by atoms with Crippen molar-refractivity contribution < 1.29 is 9.13 Å². The van der Waals surface area contributed by atoms with Gasteiger partial charge in [-0.3, -0.25) is 0 Å². The molecule has 2 nitrogen and oxygen atoms in total. The maximum absolute atomic E-state index is 13.4. The molecule has 0 aliphatic heterocycles. The highest BCUT2D eigenvalue weighted by Crippen LogP contribution is 2.36. The Hall–Kier alpha value is -0.450. The van der Waals surface area contributed by atoms with Crippen molar-refractivity contribution in [3.63, 3.8) is 0 Å². The molecular formula is C14H19BrFNO. The van der Waals surface area contributed by atoms with Crippen molar-refractivity contribution in [2.75, 3.05) is 6.61 Å². The average molecular weight is 316 g/mol. The van der Waals surface area contributed by atoms with Gasteiger partial charge in [0.25, 0.3) is 0 Å². The van der Waals surface area contributed by atoms with Gasteiger partial charge in [0, 0.05) is 12.6 Å². The number of hydrogen-bond acceptors (Lipinski definition) is 2. The van der Waals surface area contributed by atoms with Crippen LogP contribution in [0.4, 0.5) is 4.39 Å². The Labute approximate surface area is 116 Å². The first-order valence-electron chi connectivity index (χ1n) is 6.43. The van der Waals surface area contributed by atoms with E-state index in [4.69, 9.17) is 10.5 Å². The first-order chi connectivity index (χ1) is 8.63. The molecule has 2 rings (SSSR count). The second-order valence-electron chi connectivity index (χ2n) is 4.84. The minimum atomic E-state index is -0.237. The summed E-state index contributed by atoms with van der Waals surface area (Å²) >= 11 is 3.28. The number of nitrogens with two attached hydrogens (primary N) is 1. The Morgan fingerprint density at radius 1 is 1.50 bits per heavy atom. The summed E-state index contributed by atoms with van der Waals surface area (Å²) in [7, 11) is 0. The lowest BCUT2D eigenvalue weighted by Crippen LogP contribution is -2.40. The molecule has 1 aliphatic rings. The largest absolute Gasteiger partial charge is 0.377 e. The van der Waals surface area contributed by atoms with E-state index in [9.17, 15) is 4.39 Å². The Balaban J connectivity index is 2.04. The topological polar surface area (TPSA) is 35.2 Å². The lowest BCUT2D eigenvalue weighted by molar-refractivity contribution is 0.0287. The minimum absolute atomic E-state index is 0.0736. The quantitative estimate of drug-likeness (QED) is 0.874. The van der Waals surface area contributed by atoms with Crippen molar-refractivity contribution >= 4 is 15.9 Å².